The Morgan fingerprint density at radius 3 is 2.43 bits per heavy atom. The molecule has 0 aromatic rings. The van der Waals surface area contributed by atoms with Crippen LogP contribution < -0.4 is 0 Å². The van der Waals surface area contributed by atoms with Gasteiger partial charge in [0.05, 0.1) is 13.2 Å². The molecule has 0 rings (SSSR count). The molecular formula is C10H20O4. The van der Waals surface area contributed by atoms with Gasteiger partial charge in [-0.2, -0.15) is 0 Å². The Balaban J connectivity index is 3.90. The third-order valence-electron chi connectivity index (χ3n) is 2.03. The van der Waals surface area contributed by atoms with Crippen molar-refractivity contribution in [2.24, 2.45) is 0 Å². The second-order valence-corrected chi connectivity index (χ2v) is 3.33. The number of hydrogen-bond donors (Lipinski definition) is 1. The van der Waals surface area contributed by atoms with E-state index in [-0.39, 0.29) is 0 Å². The first-order valence-electron chi connectivity index (χ1n) is 5.02. The molecule has 0 radical (unpaired) electrons. The molecule has 0 aromatic heterocycles. The van der Waals surface area contributed by atoms with Crippen LogP contribution >= 0.6 is 0 Å². The van der Waals surface area contributed by atoms with Crippen LogP contribution in [0.1, 0.15) is 33.6 Å². The van der Waals surface area contributed by atoms with Gasteiger partial charge in [0.2, 0.25) is 0 Å². The van der Waals surface area contributed by atoms with E-state index in [1.165, 1.54) is 0 Å². The van der Waals surface area contributed by atoms with E-state index in [1.807, 2.05) is 13.8 Å². The fourth-order valence-electron chi connectivity index (χ4n) is 1.19. The lowest BCUT2D eigenvalue weighted by Gasteiger charge is -2.24. The molecular weight excluding hydrogens is 184 g/mol. The molecule has 14 heavy (non-hydrogen) atoms. The molecule has 1 unspecified atom stereocenters. The number of carboxylic acid groups (broad SMARTS) is 1. The van der Waals surface area contributed by atoms with Gasteiger partial charge < -0.3 is 14.6 Å². The number of rotatable bonds is 8. The van der Waals surface area contributed by atoms with Crippen molar-refractivity contribution in [1.29, 1.82) is 0 Å². The molecule has 0 amide bonds. The molecule has 0 heterocycles. The first-order valence-corrected chi connectivity index (χ1v) is 5.02. The number of carboxylic acids is 1. The zero-order valence-corrected chi connectivity index (χ0v) is 9.21. The summed E-state index contributed by atoms with van der Waals surface area (Å²) in [5.41, 5.74) is -1.06. The molecule has 0 spiro atoms. The molecule has 0 aliphatic carbocycles. The Labute approximate surface area is 85.2 Å². The van der Waals surface area contributed by atoms with Crippen LogP contribution in [0.25, 0.3) is 0 Å². The minimum atomic E-state index is -1.06. The second kappa shape index (κ2) is 6.79. The molecule has 0 fully saturated rings. The lowest BCUT2D eigenvalue weighted by atomic mass is 10.0. The normalized spacial score (nSPS) is 15.1. The van der Waals surface area contributed by atoms with Crippen LogP contribution in [0.2, 0.25) is 0 Å². The summed E-state index contributed by atoms with van der Waals surface area (Å²) < 4.78 is 10.4. The average molecular weight is 204 g/mol. The van der Waals surface area contributed by atoms with Crippen molar-refractivity contribution in [2.75, 3.05) is 19.8 Å². The van der Waals surface area contributed by atoms with Crippen LogP contribution in [-0.2, 0) is 14.3 Å². The Kier molecular flexibility index (Phi) is 6.49. The van der Waals surface area contributed by atoms with E-state index in [0.717, 1.165) is 6.42 Å². The molecule has 0 aliphatic heterocycles. The van der Waals surface area contributed by atoms with Gasteiger partial charge in [-0.25, -0.2) is 4.79 Å². The first-order chi connectivity index (χ1) is 6.56. The number of ether oxygens (including phenoxy) is 2. The Bertz CT molecular complexity index is 170. The maximum atomic E-state index is 10.9. The molecule has 4 nitrogen and oxygen atoms in total. The van der Waals surface area contributed by atoms with Crippen molar-refractivity contribution in [1.82, 2.24) is 0 Å². The summed E-state index contributed by atoms with van der Waals surface area (Å²) in [5, 5.41) is 8.95. The summed E-state index contributed by atoms with van der Waals surface area (Å²) in [6, 6.07) is 0. The van der Waals surface area contributed by atoms with E-state index in [2.05, 4.69) is 0 Å². The largest absolute Gasteiger partial charge is 0.479 e. The fraction of sp³-hybridized carbons (Fsp3) is 0.900. The third kappa shape index (κ3) is 4.58. The van der Waals surface area contributed by atoms with Crippen molar-refractivity contribution in [3.8, 4) is 0 Å². The molecule has 0 aromatic carbocycles. The van der Waals surface area contributed by atoms with E-state index in [0.29, 0.717) is 26.2 Å². The van der Waals surface area contributed by atoms with Crippen LogP contribution in [0.4, 0.5) is 0 Å². The summed E-state index contributed by atoms with van der Waals surface area (Å²) in [5.74, 6) is -0.907. The van der Waals surface area contributed by atoms with E-state index in [1.54, 1.807) is 6.92 Å². The van der Waals surface area contributed by atoms with Gasteiger partial charge in [0.1, 0.15) is 0 Å². The average Bonchev–Trinajstić information content (AvgIpc) is 2.13. The Hall–Kier alpha value is -0.610. The van der Waals surface area contributed by atoms with Crippen molar-refractivity contribution in [3.63, 3.8) is 0 Å². The highest BCUT2D eigenvalue weighted by molar-refractivity contribution is 5.76. The first kappa shape index (κ1) is 13.4. The lowest BCUT2D eigenvalue weighted by molar-refractivity contribution is -0.166. The zero-order valence-electron chi connectivity index (χ0n) is 9.21. The molecule has 84 valence electrons. The standard InChI is InChI=1S/C10H20O4/c1-4-6-10(3,9(11)12)14-8-7-13-5-2/h4-8H2,1-3H3,(H,11,12). The van der Waals surface area contributed by atoms with E-state index in [9.17, 15) is 4.79 Å². The summed E-state index contributed by atoms with van der Waals surface area (Å²) in [6.07, 6.45) is 1.31. The Morgan fingerprint density at radius 1 is 1.36 bits per heavy atom. The molecule has 4 heteroatoms. The number of carbonyl (C=O) groups is 1. The molecule has 1 N–H and O–H groups in total. The monoisotopic (exact) mass is 204 g/mol. The molecule has 0 saturated heterocycles. The maximum Gasteiger partial charge on any atom is 0.335 e. The van der Waals surface area contributed by atoms with Gasteiger partial charge in [-0.1, -0.05) is 13.3 Å². The number of aliphatic carboxylic acids is 1. The topological polar surface area (TPSA) is 55.8 Å². The summed E-state index contributed by atoms with van der Waals surface area (Å²) in [4.78, 5) is 10.9. The number of hydrogen-bond acceptors (Lipinski definition) is 3. The maximum absolute atomic E-state index is 10.9. The molecule has 0 aliphatic rings. The van der Waals surface area contributed by atoms with Gasteiger partial charge in [0, 0.05) is 6.61 Å². The lowest BCUT2D eigenvalue weighted by Crippen LogP contribution is -2.39. The van der Waals surface area contributed by atoms with Crippen LogP contribution in [0.3, 0.4) is 0 Å². The molecule has 0 bridgehead atoms. The predicted octanol–water partition coefficient (Wildman–Crippen LogP) is 1.68. The fourth-order valence-corrected chi connectivity index (χ4v) is 1.19. The molecule has 1 atom stereocenters. The van der Waals surface area contributed by atoms with Crippen LogP contribution in [0, 0.1) is 0 Å². The van der Waals surface area contributed by atoms with Crippen LogP contribution in [0.15, 0.2) is 0 Å². The van der Waals surface area contributed by atoms with Gasteiger partial charge in [0.25, 0.3) is 0 Å². The molecule has 0 saturated carbocycles. The van der Waals surface area contributed by atoms with Crippen molar-refractivity contribution in [3.05, 3.63) is 0 Å². The Morgan fingerprint density at radius 2 is 2.00 bits per heavy atom. The SMILES string of the molecule is CCCC(C)(OCCOCC)C(=O)O. The smallest absolute Gasteiger partial charge is 0.335 e. The summed E-state index contributed by atoms with van der Waals surface area (Å²) in [7, 11) is 0. The van der Waals surface area contributed by atoms with Gasteiger partial charge in [0.15, 0.2) is 5.60 Å². The third-order valence-corrected chi connectivity index (χ3v) is 2.03. The van der Waals surface area contributed by atoms with Crippen LogP contribution in [-0.4, -0.2) is 36.5 Å². The van der Waals surface area contributed by atoms with Gasteiger partial charge in [-0.05, 0) is 20.3 Å². The van der Waals surface area contributed by atoms with Gasteiger partial charge in [-0.3, -0.25) is 0 Å². The summed E-state index contributed by atoms with van der Waals surface area (Å²) in [6.45, 7) is 6.83. The van der Waals surface area contributed by atoms with Gasteiger partial charge in [-0.15, -0.1) is 0 Å². The van der Waals surface area contributed by atoms with Crippen molar-refractivity contribution in [2.45, 2.75) is 39.2 Å². The summed E-state index contributed by atoms with van der Waals surface area (Å²) >= 11 is 0. The zero-order chi connectivity index (χ0) is 11.0. The highest BCUT2D eigenvalue weighted by atomic mass is 16.6. The minimum Gasteiger partial charge on any atom is -0.479 e. The highest BCUT2D eigenvalue weighted by Gasteiger charge is 2.32. The second-order valence-electron chi connectivity index (χ2n) is 3.33. The van der Waals surface area contributed by atoms with Crippen LogP contribution in [0.5, 0.6) is 0 Å². The van der Waals surface area contributed by atoms with E-state index in [4.69, 9.17) is 14.6 Å². The minimum absolute atomic E-state index is 0.330. The highest BCUT2D eigenvalue weighted by Crippen LogP contribution is 2.17. The van der Waals surface area contributed by atoms with Gasteiger partial charge >= 0.3 is 5.97 Å². The van der Waals surface area contributed by atoms with E-state index >= 15 is 0 Å². The van der Waals surface area contributed by atoms with E-state index < -0.39 is 11.6 Å². The quantitative estimate of drug-likeness (QED) is 0.611. The van der Waals surface area contributed by atoms with Crippen molar-refractivity contribution >= 4 is 5.97 Å². The predicted molar refractivity (Wildman–Crippen MR) is 53.4 cm³/mol. The van der Waals surface area contributed by atoms with Crippen molar-refractivity contribution < 1.29 is 19.4 Å².